The van der Waals surface area contributed by atoms with Gasteiger partial charge in [0.05, 0.1) is 13.0 Å². The van der Waals surface area contributed by atoms with Gasteiger partial charge in [0.15, 0.2) is 0 Å². The molecule has 0 saturated carbocycles. The van der Waals surface area contributed by atoms with Crippen molar-refractivity contribution in [3.8, 4) is 17.2 Å². The van der Waals surface area contributed by atoms with Crippen LogP contribution in [0.4, 0.5) is 0 Å². The van der Waals surface area contributed by atoms with E-state index < -0.39 is 5.97 Å². The van der Waals surface area contributed by atoms with E-state index >= 15 is 0 Å². The molecule has 1 atom stereocenters. The molecule has 3 rings (SSSR count). The summed E-state index contributed by atoms with van der Waals surface area (Å²) < 4.78 is 16.8. The first-order valence-electron chi connectivity index (χ1n) is 7.51. The molecule has 0 bridgehead atoms. The van der Waals surface area contributed by atoms with Gasteiger partial charge in [0.25, 0.3) is 0 Å². The Hall–Kier alpha value is -2.69. The number of carbonyl (C=O) groups is 1. The molecule has 1 N–H and O–H groups in total. The average Bonchev–Trinajstić information content (AvgIpc) is 2.94. The number of rotatable bonds is 7. The molecule has 23 heavy (non-hydrogen) atoms. The molecule has 1 heterocycles. The van der Waals surface area contributed by atoms with Crippen LogP contribution in [0.25, 0.3) is 0 Å². The van der Waals surface area contributed by atoms with Crippen LogP contribution in [0.1, 0.15) is 17.9 Å². The summed E-state index contributed by atoms with van der Waals surface area (Å²) in [5, 5.41) is 8.90. The molecule has 1 aliphatic heterocycles. The SMILES string of the molecule is O=C(O)CC1COc2cc(OCCOc3ccccc3)ccc21. The fourth-order valence-corrected chi connectivity index (χ4v) is 2.56. The lowest BCUT2D eigenvalue weighted by Crippen LogP contribution is -2.09. The summed E-state index contributed by atoms with van der Waals surface area (Å²) >= 11 is 0. The quantitative estimate of drug-likeness (QED) is 0.796. The Balaban J connectivity index is 1.51. The number of para-hydroxylation sites is 1. The van der Waals surface area contributed by atoms with E-state index in [0.717, 1.165) is 11.3 Å². The van der Waals surface area contributed by atoms with Gasteiger partial charge in [-0.2, -0.15) is 0 Å². The van der Waals surface area contributed by atoms with Crippen molar-refractivity contribution >= 4 is 5.97 Å². The number of hydrogen-bond acceptors (Lipinski definition) is 4. The van der Waals surface area contributed by atoms with E-state index in [9.17, 15) is 4.79 Å². The molecule has 1 aliphatic rings. The summed E-state index contributed by atoms with van der Waals surface area (Å²) in [6, 6.07) is 15.1. The number of carboxylic acid groups (broad SMARTS) is 1. The second-order valence-electron chi connectivity index (χ2n) is 5.32. The molecule has 0 aromatic heterocycles. The van der Waals surface area contributed by atoms with Gasteiger partial charge >= 0.3 is 5.97 Å². The molecule has 0 fully saturated rings. The summed E-state index contributed by atoms with van der Waals surface area (Å²) in [5.41, 5.74) is 0.931. The van der Waals surface area contributed by atoms with Gasteiger partial charge in [0.2, 0.25) is 0 Å². The first kappa shape index (κ1) is 15.2. The zero-order chi connectivity index (χ0) is 16.1. The smallest absolute Gasteiger partial charge is 0.304 e. The minimum atomic E-state index is -0.815. The second kappa shape index (κ2) is 7.05. The Morgan fingerprint density at radius 2 is 1.83 bits per heavy atom. The van der Waals surface area contributed by atoms with Gasteiger partial charge in [-0.25, -0.2) is 0 Å². The molecule has 2 aromatic rings. The Labute approximate surface area is 134 Å². The van der Waals surface area contributed by atoms with Gasteiger partial charge in [-0.05, 0) is 18.2 Å². The van der Waals surface area contributed by atoms with Gasteiger partial charge in [-0.3, -0.25) is 4.79 Å². The maximum Gasteiger partial charge on any atom is 0.304 e. The van der Waals surface area contributed by atoms with Gasteiger partial charge in [-0.15, -0.1) is 0 Å². The largest absolute Gasteiger partial charge is 0.492 e. The first-order chi connectivity index (χ1) is 11.2. The maximum absolute atomic E-state index is 10.8. The monoisotopic (exact) mass is 314 g/mol. The Morgan fingerprint density at radius 3 is 2.57 bits per heavy atom. The zero-order valence-corrected chi connectivity index (χ0v) is 12.6. The normalized spacial score (nSPS) is 15.6. The van der Waals surface area contributed by atoms with E-state index in [1.807, 2.05) is 42.5 Å². The van der Waals surface area contributed by atoms with Gasteiger partial charge in [0.1, 0.15) is 30.5 Å². The molecule has 0 saturated heterocycles. The first-order valence-corrected chi connectivity index (χ1v) is 7.51. The highest BCUT2D eigenvalue weighted by Gasteiger charge is 2.26. The van der Waals surface area contributed by atoms with E-state index in [0.29, 0.717) is 31.3 Å². The third-order valence-corrected chi connectivity index (χ3v) is 3.65. The number of ether oxygens (including phenoxy) is 3. The van der Waals surface area contributed by atoms with Crippen LogP contribution in [0.2, 0.25) is 0 Å². The van der Waals surface area contributed by atoms with E-state index in [1.165, 1.54) is 0 Å². The van der Waals surface area contributed by atoms with Gasteiger partial charge in [0, 0.05) is 17.5 Å². The zero-order valence-electron chi connectivity index (χ0n) is 12.6. The average molecular weight is 314 g/mol. The van der Waals surface area contributed by atoms with Gasteiger partial charge < -0.3 is 19.3 Å². The standard InChI is InChI=1S/C18H18O5/c19-18(20)10-13-12-23-17-11-15(6-7-16(13)17)22-9-8-21-14-4-2-1-3-5-14/h1-7,11,13H,8-10,12H2,(H,19,20). The lowest BCUT2D eigenvalue weighted by Gasteiger charge is -2.10. The predicted octanol–water partition coefficient (Wildman–Crippen LogP) is 3.10. The number of hydrogen-bond donors (Lipinski definition) is 1. The van der Waals surface area contributed by atoms with Crippen molar-refractivity contribution in [2.75, 3.05) is 19.8 Å². The lowest BCUT2D eigenvalue weighted by atomic mass is 9.98. The molecular formula is C18H18O5. The molecule has 120 valence electrons. The third kappa shape index (κ3) is 3.94. The molecule has 2 aromatic carbocycles. The molecule has 5 nitrogen and oxygen atoms in total. The van der Waals surface area contributed by atoms with Crippen molar-refractivity contribution in [2.45, 2.75) is 12.3 Å². The predicted molar refractivity (Wildman–Crippen MR) is 84.4 cm³/mol. The Kier molecular flexibility index (Phi) is 4.66. The number of benzene rings is 2. The highest BCUT2D eigenvalue weighted by atomic mass is 16.5. The lowest BCUT2D eigenvalue weighted by molar-refractivity contribution is -0.137. The van der Waals surface area contributed by atoms with Crippen LogP contribution in [-0.4, -0.2) is 30.9 Å². The number of carboxylic acids is 1. The van der Waals surface area contributed by atoms with E-state index in [-0.39, 0.29) is 12.3 Å². The second-order valence-corrected chi connectivity index (χ2v) is 5.32. The van der Waals surface area contributed by atoms with E-state index in [1.54, 1.807) is 6.07 Å². The molecule has 5 heteroatoms. The molecular weight excluding hydrogens is 296 g/mol. The Morgan fingerprint density at radius 1 is 1.09 bits per heavy atom. The van der Waals surface area contributed by atoms with Gasteiger partial charge in [-0.1, -0.05) is 24.3 Å². The van der Waals surface area contributed by atoms with Crippen molar-refractivity contribution in [3.63, 3.8) is 0 Å². The van der Waals surface area contributed by atoms with Crippen LogP contribution in [0.5, 0.6) is 17.2 Å². The molecule has 1 unspecified atom stereocenters. The summed E-state index contributed by atoms with van der Waals surface area (Å²) in [6.45, 7) is 1.28. The number of aliphatic carboxylic acids is 1. The van der Waals surface area contributed by atoms with Crippen molar-refractivity contribution in [1.82, 2.24) is 0 Å². The topological polar surface area (TPSA) is 65.0 Å². The summed E-state index contributed by atoms with van der Waals surface area (Å²) in [5.74, 6) is 1.31. The summed E-state index contributed by atoms with van der Waals surface area (Å²) in [6.07, 6.45) is 0.0815. The molecule has 0 aliphatic carbocycles. The minimum Gasteiger partial charge on any atom is -0.492 e. The molecule has 0 amide bonds. The fourth-order valence-electron chi connectivity index (χ4n) is 2.56. The minimum absolute atomic E-state index is 0.0815. The van der Waals surface area contributed by atoms with E-state index in [4.69, 9.17) is 19.3 Å². The highest BCUT2D eigenvalue weighted by Crippen LogP contribution is 2.38. The maximum atomic E-state index is 10.8. The van der Waals surface area contributed by atoms with E-state index in [2.05, 4.69) is 0 Å². The van der Waals surface area contributed by atoms with Crippen LogP contribution in [0, 0.1) is 0 Å². The number of fused-ring (bicyclic) bond motifs is 1. The van der Waals surface area contributed by atoms with Crippen LogP contribution >= 0.6 is 0 Å². The van der Waals surface area contributed by atoms with Crippen molar-refractivity contribution < 1.29 is 24.1 Å². The molecule has 0 spiro atoms. The van der Waals surface area contributed by atoms with Crippen molar-refractivity contribution in [3.05, 3.63) is 54.1 Å². The van der Waals surface area contributed by atoms with Crippen molar-refractivity contribution in [2.24, 2.45) is 0 Å². The van der Waals surface area contributed by atoms with Crippen LogP contribution in [-0.2, 0) is 4.79 Å². The highest BCUT2D eigenvalue weighted by molar-refractivity contribution is 5.68. The van der Waals surface area contributed by atoms with Crippen LogP contribution in [0.3, 0.4) is 0 Å². The summed E-state index contributed by atoms with van der Waals surface area (Å²) in [7, 11) is 0. The van der Waals surface area contributed by atoms with Crippen LogP contribution in [0.15, 0.2) is 48.5 Å². The van der Waals surface area contributed by atoms with Crippen LogP contribution < -0.4 is 14.2 Å². The van der Waals surface area contributed by atoms with Crippen molar-refractivity contribution in [1.29, 1.82) is 0 Å². The summed E-state index contributed by atoms with van der Waals surface area (Å²) in [4.78, 5) is 10.8. The molecule has 0 radical (unpaired) electrons. The Bertz CT molecular complexity index is 668. The fraction of sp³-hybridized carbons (Fsp3) is 0.278. The third-order valence-electron chi connectivity index (χ3n) is 3.65.